The summed E-state index contributed by atoms with van der Waals surface area (Å²) in [7, 11) is 0. The van der Waals surface area contributed by atoms with Gasteiger partial charge in [0.2, 0.25) is 5.91 Å². The number of likely N-dealkylation sites (tertiary alicyclic amines) is 1. The summed E-state index contributed by atoms with van der Waals surface area (Å²) in [5.74, 6) is -0.241. The Balaban J connectivity index is 1.86. The van der Waals surface area contributed by atoms with E-state index >= 15 is 0 Å². The molecule has 0 aliphatic carbocycles. The first kappa shape index (κ1) is 12.9. The fourth-order valence-corrected chi connectivity index (χ4v) is 2.79. The van der Waals surface area contributed by atoms with Crippen LogP contribution in [0.2, 0.25) is 0 Å². The van der Waals surface area contributed by atoms with Crippen molar-refractivity contribution in [3.63, 3.8) is 0 Å². The van der Waals surface area contributed by atoms with Gasteiger partial charge in [0.1, 0.15) is 0 Å². The van der Waals surface area contributed by atoms with Crippen LogP contribution in [-0.2, 0) is 4.79 Å². The smallest absolute Gasteiger partial charge is 0.261 e. The predicted octanol–water partition coefficient (Wildman–Crippen LogP) is 0.991. The molecule has 5 nitrogen and oxygen atoms in total. The lowest BCUT2D eigenvalue weighted by atomic mass is 10.3. The van der Waals surface area contributed by atoms with Crippen LogP contribution in [-0.4, -0.2) is 36.3 Å². The molecule has 2 amide bonds. The maximum absolute atomic E-state index is 11.8. The van der Waals surface area contributed by atoms with Gasteiger partial charge in [0.05, 0.1) is 11.4 Å². The monoisotopic (exact) mass is 267 g/mol. The fourth-order valence-electron chi connectivity index (χ4n) is 1.93. The Hall–Kier alpha value is -1.56. The lowest BCUT2D eigenvalue weighted by molar-refractivity contribution is -0.129. The second-order valence-electron chi connectivity index (χ2n) is 4.39. The Morgan fingerprint density at radius 3 is 2.67 bits per heavy atom. The van der Waals surface area contributed by atoms with Crippen LogP contribution in [0, 0.1) is 6.92 Å². The van der Waals surface area contributed by atoms with E-state index in [2.05, 4.69) is 5.32 Å². The van der Waals surface area contributed by atoms with Gasteiger partial charge >= 0.3 is 0 Å². The number of nitrogens with two attached hydrogens (primary N) is 1. The SMILES string of the molecule is Cc1sc(C(=O)NCC(=O)N2CCCC2)cc1N. The van der Waals surface area contributed by atoms with Crippen molar-refractivity contribution < 1.29 is 9.59 Å². The largest absolute Gasteiger partial charge is 0.398 e. The summed E-state index contributed by atoms with van der Waals surface area (Å²) in [5.41, 5.74) is 6.31. The molecular formula is C12H17N3O2S. The zero-order chi connectivity index (χ0) is 13.1. The van der Waals surface area contributed by atoms with Gasteiger partial charge in [0.25, 0.3) is 5.91 Å². The molecule has 1 aromatic heterocycles. The normalized spacial score (nSPS) is 14.8. The van der Waals surface area contributed by atoms with Crippen LogP contribution in [0.1, 0.15) is 27.4 Å². The van der Waals surface area contributed by atoms with E-state index in [1.54, 1.807) is 11.0 Å². The molecule has 0 saturated carbocycles. The Labute approximate surface area is 110 Å². The molecule has 1 saturated heterocycles. The number of anilines is 1. The number of nitrogens with one attached hydrogen (secondary N) is 1. The van der Waals surface area contributed by atoms with E-state index in [0.717, 1.165) is 30.8 Å². The van der Waals surface area contributed by atoms with Crippen molar-refractivity contribution in [3.8, 4) is 0 Å². The van der Waals surface area contributed by atoms with Gasteiger partial charge in [-0.1, -0.05) is 0 Å². The fraction of sp³-hybridized carbons (Fsp3) is 0.500. The third kappa shape index (κ3) is 2.81. The van der Waals surface area contributed by atoms with Crippen molar-refractivity contribution in [3.05, 3.63) is 15.8 Å². The van der Waals surface area contributed by atoms with E-state index in [-0.39, 0.29) is 18.4 Å². The van der Waals surface area contributed by atoms with Gasteiger partial charge in [0, 0.05) is 23.7 Å². The number of carbonyl (C=O) groups excluding carboxylic acids is 2. The molecule has 6 heteroatoms. The lowest BCUT2D eigenvalue weighted by Crippen LogP contribution is -2.38. The molecule has 2 rings (SSSR count). The summed E-state index contributed by atoms with van der Waals surface area (Å²) in [4.78, 5) is 26.8. The van der Waals surface area contributed by atoms with Crippen molar-refractivity contribution in [2.24, 2.45) is 0 Å². The molecule has 0 aromatic carbocycles. The average molecular weight is 267 g/mol. The molecule has 0 radical (unpaired) electrons. The summed E-state index contributed by atoms with van der Waals surface area (Å²) in [6.45, 7) is 3.54. The van der Waals surface area contributed by atoms with E-state index in [9.17, 15) is 9.59 Å². The van der Waals surface area contributed by atoms with Crippen molar-refractivity contribution in [2.45, 2.75) is 19.8 Å². The van der Waals surface area contributed by atoms with Gasteiger partial charge in [-0.25, -0.2) is 0 Å². The van der Waals surface area contributed by atoms with E-state index in [0.29, 0.717) is 10.6 Å². The number of aryl methyl sites for hydroxylation is 1. The minimum atomic E-state index is -0.229. The third-order valence-electron chi connectivity index (χ3n) is 3.04. The Bertz CT molecular complexity index is 444. The van der Waals surface area contributed by atoms with E-state index in [1.807, 2.05) is 6.92 Å². The van der Waals surface area contributed by atoms with Crippen LogP contribution < -0.4 is 11.1 Å². The van der Waals surface area contributed by atoms with Crippen LogP contribution in [0.3, 0.4) is 0 Å². The molecule has 1 aromatic rings. The number of nitrogen functional groups attached to an aromatic ring is 1. The summed E-state index contributed by atoms with van der Waals surface area (Å²) < 4.78 is 0. The summed E-state index contributed by atoms with van der Waals surface area (Å²) in [5, 5.41) is 2.64. The molecule has 3 N–H and O–H groups in total. The second-order valence-corrected chi connectivity index (χ2v) is 5.65. The maximum Gasteiger partial charge on any atom is 0.261 e. The Morgan fingerprint density at radius 1 is 1.44 bits per heavy atom. The lowest BCUT2D eigenvalue weighted by Gasteiger charge is -2.15. The summed E-state index contributed by atoms with van der Waals surface area (Å²) in [6.07, 6.45) is 2.11. The van der Waals surface area contributed by atoms with Crippen LogP contribution in [0.15, 0.2) is 6.07 Å². The number of hydrogen-bond donors (Lipinski definition) is 2. The van der Waals surface area contributed by atoms with Crippen molar-refractivity contribution >= 4 is 28.8 Å². The topological polar surface area (TPSA) is 75.4 Å². The first-order chi connectivity index (χ1) is 8.58. The van der Waals surface area contributed by atoms with Gasteiger partial charge in [-0.15, -0.1) is 11.3 Å². The van der Waals surface area contributed by atoms with E-state index in [1.165, 1.54) is 11.3 Å². The second kappa shape index (κ2) is 5.39. The average Bonchev–Trinajstić information content (AvgIpc) is 2.97. The van der Waals surface area contributed by atoms with E-state index < -0.39 is 0 Å². The minimum Gasteiger partial charge on any atom is -0.398 e. The first-order valence-corrected chi connectivity index (χ1v) is 6.81. The number of hydrogen-bond acceptors (Lipinski definition) is 4. The molecule has 1 aliphatic rings. The zero-order valence-electron chi connectivity index (χ0n) is 10.4. The molecular weight excluding hydrogens is 250 g/mol. The van der Waals surface area contributed by atoms with Crippen molar-refractivity contribution in [2.75, 3.05) is 25.4 Å². The van der Waals surface area contributed by atoms with Crippen LogP contribution >= 0.6 is 11.3 Å². The van der Waals surface area contributed by atoms with Gasteiger partial charge in [0.15, 0.2) is 0 Å². The molecule has 0 atom stereocenters. The van der Waals surface area contributed by atoms with Crippen LogP contribution in [0.25, 0.3) is 0 Å². The summed E-state index contributed by atoms with van der Waals surface area (Å²) in [6, 6.07) is 1.65. The molecule has 18 heavy (non-hydrogen) atoms. The highest BCUT2D eigenvalue weighted by atomic mass is 32.1. The van der Waals surface area contributed by atoms with Gasteiger partial charge in [-0.05, 0) is 25.8 Å². The molecule has 1 aliphatic heterocycles. The first-order valence-electron chi connectivity index (χ1n) is 6.00. The quantitative estimate of drug-likeness (QED) is 0.857. The van der Waals surface area contributed by atoms with Gasteiger partial charge in [-0.2, -0.15) is 0 Å². The Morgan fingerprint density at radius 2 is 2.11 bits per heavy atom. The predicted molar refractivity (Wildman–Crippen MR) is 71.6 cm³/mol. The number of nitrogens with zero attached hydrogens (tertiary/aromatic N) is 1. The molecule has 2 heterocycles. The molecule has 1 fully saturated rings. The Kier molecular flexibility index (Phi) is 3.86. The number of carbonyl (C=O) groups is 2. The zero-order valence-corrected chi connectivity index (χ0v) is 11.2. The minimum absolute atomic E-state index is 0.0119. The highest BCUT2D eigenvalue weighted by molar-refractivity contribution is 7.14. The van der Waals surface area contributed by atoms with Crippen LogP contribution in [0.4, 0.5) is 5.69 Å². The van der Waals surface area contributed by atoms with Crippen LogP contribution in [0.5, 0.6) is 0 Å². The maximum atomic E-state index is 11.8. The molecule has 0 bridgehead atoms. The molecule has 0 spiro atoms. The number of thiophene rings is 1. The highest BCUT2D eigenvalue weighted by Gasteiger charge is 2.19. The van der Waals surface area contributed by atoms with Crippen molar-refractivity contribution in [1.82, 2.24) is 10.2 Å². The standard InChI is InChI=1S/C12H17N3O2S/c1-8-9(13)6-10(18-8)12(17)14-7-11(16)15-4-2-3-5-15/h6H,2-5,7,13H2,1H3,(H,14,17). The number of rotatable bonds is 3. The van der Waals surface area contributed by atoms with E-state index in [4.69, 9.17) is 5.73 Å². The summed E-state index contributed by atoms with van der Waals surface area (Å²) >= 11 is 1.34. The molecule has 0 unspecified atom stereocenters. The third-order valence-corrected chi connectivity index (χ3v) is 4.10. The number of amides is 2. The van der Waals surface area contributed by atoms with Gasteiger partial charge in [-0.3, -0.25) is 9.59 Å². The molecule has 98 valence electrons. The van der Waals surface area contributed by atoms with Crippen molar-refractivity contribution in [1.29, 1.82) is 0 Å². The van der Waals surface area contributed by atoms with Gasteiger partial charge < -0.3 is 16.0 Å². The highest BCUT2D eigenvalue weighted by Crippen LogP contribution is 2.23.